The van der Waals surface area contributed by atoms with Crippen LogP contribution in [0.3, 0.4) is 0 Å². The lowest BCUT2D eigenvalue weighted by Gasteiger charge is -2.19. The molecule has 2 aromatic rings. The first-order valence-corrected chi connectivity index (χ1v) is 7.23. The molecule has 0 unspecified atom stereocenters. The second-order valence-corrected chi connectivity index (χ2v) is 6.68. The van der Waals surface area contributed by atoms with Gasteiger partial charge in [0.2, 0.25) is 0 Å². The first-order chi connectivity index (χ1) is 9.33. The van der Waals surface area contributed by atoms with Crippen LogP contribution in [0.15, 0.2) is 18.2 Å². The second-order valence-electron chi connectivity index (χ2n) is 5.24. The average molecular weight is 316 g/mol. The van der Waals surface area contributed by atoms with Gasteiger partial charge in [-0.2, -0.15) is 0 Å². The number of rotatable bonds is 4. The van der Waals surface area contributed by atoms with Crippen LogP contribution in [0.2, 0.25) is 5.02 Å². The van der Waals surface area contributed by atoms with E-state index in [-0.39, 0.29) is 10.6 Å². The fourth-order valence-corrected chi connectivity index (χ4v) is 2.15. The van der Waals surface area contributed by atoms with E-state index in [1.54, 1.807) is 0 Å². The Balaban J connectivity index is 2.00. The SMILES string of the molecule is CC(C)(C)NCc1nnc(Oc2ccc(F)c(Cl)c2)s1. The summed E-state index contributed by atoms with van der Waals surface area (Å²) in [4.78, 5) is 0. The molecule has 0 radical (unpaired) electrons. The Morgan fingerprint density at radius 1 is 1.35 bits per heavy atom. The number of hydrogen-bond donors (Lipinski definition) is 1. The largest absolute Gasteiger partial charge is 0.430 e. The van der Waals surface area contributed by atoms with E-state index in [9.17, 15) is 4.39 Å². The van der Waals surface area contributed by atoms with Crippen LogP contribution in [-0.2, 0) is 6.54 Å². The highest BCUT2D eigenvalue weighted by Crippen LogP contribution is 2.28. The van der Waals surface area contributed by atoms with Gasteiger partial charge >= 0.3 is 0 Å². The highest BCUT2D eigenvalue weighted by Gasteiger charge is 2.12. The number of aromatic nitrogens is 2. The Hall–Kier alpha value is -1.24. The van der Waals surface area contributed by atoms with Gasteiger partial charge in [-0.15, -0.1) is 5.10 Å². The third-order valence-corrected chi connectivity index (χ3v) is 3.41. The van der Waals surface area contributed by atoms with E-state index >= 15 is 0 Å². The first-order valence-electron chi connectivity index (χ1n) is 6.04. The number of halogens is 2. The summed E-state index contributed by atoms with van der Waals surface area (Å²) >= 11 is 7.02. The van der Waals surface area contributed by atoms with Gasteiger partial charge in [0.15, 0.2) is 0 Å². The van der Waals surface area contributed by atoms with Gasteiger partial charge in [0.05, 0.1) is 11.6 Å². The summed E-state index contributed by atoms with van der Waals surface area (Å²) in [6.07, 6.45) is 0. The maximum Gasteiger partial charge on any atom is 0.299 e. The van der Waals surface area contributed by atoms with E-state index in [1.165, 1.54) is 29.5 Å². The molecule has 1 heterocycles. The van der Waals surface area contributed by atoms with Crippen LogP contribution in [-0.4, -0.2) is 15.7 Å². The summed E-state index contributed by atoms with van der Waals surface area (Å²) in [5, 5.41) is 12.5. The molecule has 0 aliphatic rings. The zero-order chi connectivity index (χ0) is 14.8. The number of nitrogens with zero attached hydrogens (tertiary/aromatic N) is 2. The molecule has 20 heavy (non-hydrogen) atoms. The predicted octanol–water partition coefficient (Wildman–Crippen LogP) is 4.01. The Morgan fingerprint density at radius 3 is 2.75 bits per heavy atom. The fraction of sp³-hybridized carbons (Fsp3) is 0.385. The Labute approximate surface area is 125 Å². The predicted molar refractivity (Wildman–Crippen MR) is 78.0 cm³/mol. The van der Waals surface area contributed by atoms with E-state index in [4.69, 9.17) is 16.3 Å². The lowest BCUT2D eigenvalue weighted by atomic mass is 10.1. The second kappa shape index (κ2) is 6.03. The molecule has 4 nitrogen and oxygen atoms in total. The Bertz CT molecular complexity index is 598. The molecule has 0 spiro atoms. The lowest BCUT2D eigenvalue weighted by Crippen LogP contribution is -2.35. The van der Waals surface area contributed by atoms with Crippen molar-refractivity contribution in [1.82, 2.24) is 15.5 Å². The molecule has 108 valence electrons. The van der Waals surface area contributed by atoms with E-state index in [0.717, 1.165) is 5.01 Å². The average Bonchev–Trinajstić information content (AvgIpc) is 2.78. The third kappa shape index (κ3) is 4.40. The molecular formula is C13H15ClFN3OS. The first kappa shape index (κ1) is 15.2. The van der Waals surface area contributed by atoms with Crippen LogP contribution in [0, 0.1) is 5.82 Å². The molecule has 2 rings (SSSR count). The number of hydrogen-bond acceptors (Lipinski definition) is 5. The number of ether oxygens (including phenoxy) is 1. The van der Waals surface area contributed by atoms with Crippen molar-refractivity contribution in [3.8, 4) is 10.9 Å². The van der Waals surface area contributed by atoms with Crippen LogP contribution in [0.4, 0.5) is 4.39 Å². The number of nitrogens with one attached hydrogen (secondary N) is 1. The summed E-state index contributed by atoms with van der Waals surface area (Å²) in [5.74, 6) is -0.0470. The zero-order valence-electron chi connectivity index (χ0n) is 11.4. The minimum Gasteiger partial charge on any atom is -0.430 e. The summed E-state index contributed by atoms with van der Waals surface area (Å²) in [5.41, 5.74) is 0.0111. The topological polar surface area (TPSA) is 47.0 Å². The van der Waals surface area contributed by atoms with Gasteiger partial charge in [-0.05, 0) is 32.9 Å². The molecular weight excluding hydrogens is 301 g/mol. The van der Waals surface area contributed by atoms with Crippen LogP contribution in [0.5, 0.6) is 10.9 Å². The molecule has 0 aliphatic carbocycles. The van der Waals surface area contributed by atoms with Gasteiger partial charge < -0.3 is 10.1 Å². The fourth-order valence-electron chi connectivity index (χ4n) is 1.33. The van der Waals surface area contributed by atoms with Gasteiger partial charge in [-0.25, -0.2) is 4.39 Å². The van der Waals surface area contributed by atoms with E-state index in [1.807, 2.05) is 0 Å². The van der Waals surface area contributed by atoms with Crippen LogP contribution in [0.25, 0.3) is 0 Å². The van der Waals surface area contributed by atoms with Crippen molar-refractivity contribution in [2.24, 2.45) is 0 Å². The molecule has 0 amide bonds. The monoisotopic (exact) mass is 315 g/mol. The molecule has 0 fully saturated rings. The smallest absolute Gasteiger partial charge is 0.299 e. The van der Waals surface area contributed by atoms with Crippen molar-refractivity contribution in [2.45, 2.75) is 32.9 Å². The highest BCUT2D eigenvalue weighted by atomic mass is 35.5. The van der Waals surface area contributed by atoms with E-state index in [2.05, 4.69) is 36.3 Å². The molecule has 0 aliphatic heterocycles. The van der Waals surface area contributed by atoms with Gasteiger partial charge in [0.25, 0.3) is 5.19 Å². The molecule has 0 atom stereocenters. The summed E-state index contributed by atoms with van der Waals surface area (Å²) in [7, 11) is 0. The van der Waals surface area contributed by atoms with Gasteiger partial charge in [0.1, 0.15) is 16.6 Å². The molecule has 0 bridgehead atoms. The van der Waals surface area contributed by atoms with Crippen molar-refractivity contribution in [2.75, 3.05) is 0 Å². The molecule has 1 aromatic carbocycles. The van der Waals surface area contributed by atoms with Crippen molar-refractivity contribution >= 4 is 22.9 Å². The number of benzene rings is 1. The zero-order valence-corrected chi connectivity index (χ0v) is 13.0. The van der Waals surface area contributed by atoms with Crippen LogP contribution >= 0.6 is 22.9 Å². The Morgan fingerprint density at radius 2 is 2.10 bits per heavy atom. The molecule has 1 N–H and O–H groups in total. The molecule has 0 saturated carbocycles. The van der Waals surface area contributed by atoms with Crippen molar-refractivity contribution in [3.05, 3.63) is 34.0 Å². The highest BCUT2D eigenvalue weighted by molar-refractivity contribution is 7.13. The summed E-state index contributed by atoms with van der Waals surface area (Å²) < 4.78 is 18.5. The van der Waals surface area contributed by atoms with E-state index < -0.39 is 5.82 Å². The molecule has 1 aromatic heterocycles. The molecule has 7 heteroatoms. The summed E-state index contributed by atoms with van der Waals surface area (Å²) in [6, 6.07) is 4.15. The maximum absolute atomic E-state index is 13.0. The van der Waals surface area contributed by atoms with Gasteiger partial charge in [0, 0.05) is 11.6 Å². The third-order valence-electron chi connectivity index (χ3n) is 2.31. The quantitative estimate of drug-likeness (QED) is 0.926. The molecule has 0 saturated heterocycles. The lowest BCUT2D eigenvalue weighted by molar-refractivity contribution is 0.423. The van der Waals surface area contributed by atoms with E-state index in [0.29, 0.717) is 17.5 Å². The van der Waals surface area contributed by atoms with Gasteiger partial charge in [-0.3, -0.25) is 0 Å². The van der Waals surface area contributed by atoms with Gasteiger partial charge in [-0.1, -0.05) is 28.0 Å². The van der Waals surface area contributed by atoms with Crippen molar-refractivity contribution < 1.29 is 9.13 Å². The van der Waals surface area contributed by atoms with Crippen molar-refractivity contribution in [1.29, 1.82) is 0 Å². The Kier molecular flexibility index (Phi) is 4.57. The maximum atomic E-state index is 13.0. The minimum atomic E-state index is -0.480. The van der Waals surface area contributed by atoms with Crippen LogP contribution < -0.4 is 10.1 Å². The normalized spacial score (nSPS) is 11.7. The van der Waals surface area contributed by atoms with Crippen LogP contribution in [0.1, 0.15) is 25.8 Å². The standard InChI is InChI=1S/C13H15ClFN3OS/c1-13(2,3)16-7-11-17-18-12(20-11)19-8-4-5-10(15)9(14)6-8/h4-6,16H,7H2,1-3H3. The van der Waals surface area contributed by atoms with Crippen molar-refractivity contribution in [3.63, 3.8) is 0 Å². The minimum absolute atomic E-state index is 0.0111. The summed E-state index contributed by atoms with van der Waals surface area (Å²) in [6.45, 7) is 6.85.